The minimum atomic E-state index is -3.61. The van der Waals surface area contributed by atoms with Crippen LogP contribution in [0.3, 0.4) is 0 Å². The van der Waals surface area contributed by atoms with Gasteiger partial charge in [-0.05, 0) is 56.7 Å². The van der Waals surface area contributed by atoms with Crippen molar-refractivity contribution in [2.45, 2.75) is 49.6 Å². The van der Waals surface area contributed by atoms with Crippen molar-refractivity contribution in [3.05, 3.63) is 29.8 Å². The van der Waals surface area contributed by atoms with Crippen molar-refractivity contribution in [1.29, 1.82) is 0 Å². The minimum Gasteiger partial charge on any atom is -0.351 e. The number of hydrogen-bond acceptors (Lipinski definition) is 7. The highest BCUT2D eigenvalue weighted by molar-refractivity contribution is 7.98. The van der Waals surface area contributed by atoms with E-state index in [0.29, 0.717) is 31.4 Å². The van der Waals surface area contributed by atoms with Gasteiger partial charge in [0.2, 0.25) is 21.8 Å². The van der Waals surface area contributed by atoms with Crippen LogP contribution in [-0.4, -0.2) is 81.6 Å². The zero-order chi connectivity index (χ0) is 24.9. The molecule has 0 unspecified atom stereocenters. The number of nitrogens with one attached hydrogen (secondary N) is 2. The Bertz CT molecular complexity index is 1080. The largest absolute Gasteiger partial charge is 0.351 e. The molecule has 2 heterocycles. The fourth-order valence-corrected chi connectivity index (χ4v) is 7.84. The molecule has 0 saturated carbocycles. The zero-order valence-corrected chi connectivity index (χ0v) is 22.0. The maximum atomic E-state index is 12.9. The molecular weight excluding hydrogens is 498 g/mol. The van der Waals surface area contributed by atoms with Gasteiger partial charge in [0.15, 0.2) is 9.84 Å². The maximum absolute atomic E-state index is 12.9. The second kappa shape index (κ2) is 11.4. The van der Waals surface area contributed by atoms with Crippen LogP contribution in [-0.2, 0) is 29.4 Å². The summed E-state index contributed by atoms with van der Waals surface area (Å²) in [6.07, 6.45) is 3.46. The number of nitrogens with zero attached hydrogens (tertiary/aromatic N) is 1. The van der Waals surface area contributed by atoms with E-state index in [1.54, 1.807) is 36.0 Å². The molecule has 12 heteroatoms. The van der Waals surface area contributed by atoms with E-state index >= 15 is 0 Å². The molecule has 2 N–H and O–H groups in total. The lowest BCUT2D eigenvalue weighted by Gasteiger charge is -2.31. The van der Waals surface area contributed by atoms with Gasteiger partial charge in [0.25, 0.3) is 0 Å². The predicted molar refractivity (Wildman–Crippen MR) is 133 cm³/mol. The standard InChI is InChI=1S/C22H33N3O6S3/c1-16-3-5-19(6-4-16)34(30,31)25-11-7-17(8-12-25)21(26)24-20(9-13-32-2)22(27)23-18-10-14-33(28,29)15-18/h3-6,17-18,20H,7-15H2,1-2H3,(H,23,27)(H,24,26)/t18-,20+/m0/s1. The molecule has 0 bridgehead atoms. The van der Waals surface area contributed by atoms with Crippen LogP contribution >= 0.6 is 11.8 Å². The molecule has 190 valence electrons. The molecule has 2 saturated heterocycles. The summed E-state index contributed by atoms with van der Waals surface area (Å²) in [6.45, 7) is 2.36. The third kappa shape index (κ3) is 6.96. The molecule has 2 aliphatic rings. The van der Waals surface area contributed by atoms with E-state index < -0.39 is 31.9 Å². The minimum absolute atomic E-state index is 0.0594. The molecule has 9 nitrogen and oxygen atoms in total. The average molecular weight is 532 g/mol. The van der Waals surface area contributed by atoms with Crippen molar-refractivity contribution in [2.24, 2.45) is 5.92 Å². The smallest absolute Gasteiger partial charge is 0.243 e. The van der Waals surface area contributed by atoms with Crippen molar-refractivity contribution in [3.8, 4) is 0 Å². The average Bonchev–Trinajstić information content (AvgIpc) is 3.14. The first kappa shape index (κ1) is 27.0. The molecule has 0 aromatic heterocycles. The topological polar surface area (TPSA) is 130 Å². The summed E-state index contributed by atoms with van der Waals surface area (Å²) in [5.74, 6) is -0.383. The summed E-state index contributed by atoms with van der Waals surface area (Å²) >= 11 is 1.55. The van der Waals surface area contributed by atoms with Crippen LogP contribution < -0.4 is 10.6 Å². The fourth-order valence-electron chi connectivity index (χ4n) is 4.22. The highest BCUT2D eigenvalue weighted by Crippen LogP contribution is 2.24. The Balaban J connectivity index is 1.56. The molecule has 2 amide bonds. The Labute approximate surface area is 206 Å². The Kier molecular flexibility index (Phi) is 9.04. The molecule has 2 atom stereocenters. The monoisotopic (exact) mass is 531 g/mol. The van der Waals surface area contributed by atoms with Gasteiger partial charge in [-0.25, -0.2) is 16.8 Å². The van der Waals surface area contributed by atoms with Gasteiger partial charge >= 0.3 is 0 Å². The van der Waals surface area contributed by atoms with Gasteiger partial charge in [-0.15, -0.1) is 0 Å². The molecule has 2 aliphatic heterocycles. The number of sulfone groups is 1. The summed E-state index contributed by atoms with van der Waals surface area (Å²) in [7, 11) is -6.74. The van der Waals surface area contributed by atoms with Crippen molar-refractivity contribution < 1.29 is 26.4 Å². The highest BCUT2D eigenvalue weighted by atomic mass is 32.2. The number of amides is 2. The molecular formula is C22H33N3O6S3. The van der Waals surface area contributed by atoms with Crippen molar-refractivity contribution in [2.75, 3.05) is 36.6 Å². The Morgan fingerprint density at radius 1 is 1.15 bits per heavy atom. The Hall–Kier alpha value is -1.63. The molecule has 2 fully saturated rings. The maximum Gasteiger partial charge on any atom is 0.243 e. The van der Waals surface area contributed by atoms with E-state index in [0.717, 1.165) is 5.56 Å². The third-order valence-corrected chi connectivity index (χ3v) is 10.6. The van der Waals surface area contributed by atoms with E-state index in [4.69, 9.17) is 0 Å². The van der Waals surface area contributed by atoms with Crippen molar-refractivity contribution >= 4 is 43.4 Å². The molecule has 1 aromatic rings. The van der Waals surface area contributed by atoms with Gasteiger partial charge < -0.3 is 10.6 Å². The van der Waals surface area contributed by atoms with E-state index in [2.05, 4.69) is 10.6 Å². The molecule has 0 radical (unpaired) electrons. The predicted octanol–water partition coefficient (Wildman–Crippen LogP) is 0.937. The summed E-state index contributed by atoms with van der Waals surface area (Å²) < 4.78 is 50.6. The highest BCUT2D eigenvalue weighted by Gasteiger charge is 2.35. The number of thioether (sulfide) groups is 1. The molecule has 3 rings (SSSR count). The summed E-state index contributed by atoms with van der Waals surface area (Å²) in [5, 5.41) is 5.60. The van der Waals surface area contributed by atoms with E-state index in [1.165, 1.54) is 4.31 Å². The summed E-state index contributed by atoms with van der Waals surface area (Å²) in [5.41, 5.74) is 0.976. The van der Waals surface area contributed by atoms with Gasteiger partial charge in [0, 0.05) is 25.0 Å². The number of carbonyl (C=O) groups excluding carboxylic acids is 2. The quantitative estimate of drug-likeness (QED) is 0.485. The van der Waals surface area contributed by atoms with Crippen LogP contribution in [0.1, 0.15) is 31.2 Å². The lowest BCUT2D eigenvalue weighted by atomic mass is 9.96. The number of hydrogen-bond donors (Lipinski definition) is 2. The second-order valence-corrected chi connectivity index (χ2v) is 14.1. The molecule has 0 spiro atoms. The van der Waals surface area contributed by atoms with Gasteiger partial charge in [-0.1, -0.05) is 17.7 Å². The number of aryl methyl sites for hydroxylation is 1. The number of piperidine rings is 1. The van der Waals surface area contributed by atoms with Crippen molar-refractivity contribution in [1.82, 2.24) is 14.9 Å². The zero-order valence-electron chi connectivity index (χ0n) is 19.5. The first-order chi connectivity index (χ1) is 16.0. The van der Waals surface area contributed by atoms with Crippen LogP contribution in [0, 0.1) is 12.8 Å². The van der Waals surface area contributed by atoms with E-state index in [-0.39, 0.29) is 47.2 Å². The van der Waals surface area contributed by atoms with Crippen molar-refractivity contribution in [3.63, 3.8) is 0 Å². The lowest BCUT2D eigenvalue weighted by molar-refractivity contribution is -0.132. The van der Waals surface area contributed by atoms with Gasteiger partial charge in [-0.3, -0.25) is 9.59 Å². The van der Waals surface area contributed by atoms with E-state index in [1.807, 2.05) is 13.2 Å². The first-order valence-electron chi connectivity index (χ1n) is 11.4. The fraction of sp³-hybridized carbons (Fsp3) is 0.636. The summed E-state index contributed by atoms with van der Waals surface area (Å²) in [6, 6.07) is 5.52. The van der Waals surface area contributed by atoms with Crippen LogP contribution in [0.25, 0.3) is 0 Å². The second-order valence-electron chi connectivity index (χ2n) is 8.94. The Morgan fingerprint density at radius 3 is 2.35 bits per heavy atom. The molecule has 1 aromatic carbocycles. The van der Waals surface area contributed by atoms with Gasteiger partial charge in [-0.2, -0.15) is 16.1 Å². The molecule has 0 aliphatic carbocycles. The van der Waals surface area contributed by atoms with Gasteiger partial charge in [0.05, 0.1) is 16.4 Å². The SMILES string of the molecule is CSCC[C@@H](NC(=O)C1CCN(S(=O)(=O)c2ccc(C)cc2)CC1)C(=O)N[C@H]1CCS(=O)(=O)C1. The number of carbonyl (C=O) groups is 2. The van der Waals surface area contributed by atoms with Crippen LogP contribution in [0.4, 0.5) is 0 Å². The number of benzene rings is 1. The van der Waals surface area contributed by atoms with E-state index in [9.17, 15) is 26.4 Å². The normalized spacial score (nSPS) is 22.2. The Morgan fingerprint density at radius 2 is 1.79 bits per heavy atom. The van der Waals surface area contributed by atoms with Gasteiger partial charge in [0.1, 0.15) is 6.04 Å². The first-order valence-corrected chi connectivity index (χ1v) is 16.0. The lowest BCUT2D eigenvalue weighted by Crippen LogP contribution is -2.52. The molecule has 34 heavy (non-hydrogen) atoms. The third-order valence-electron chi connectivity index (χ3n) is 6.31. The van der Waals surface area contributed by atoms with Crippen LogP contribution in [0.2, 0.25) is 0 Å². The van der Waals surface area contributed by atoms with Crippen LogP contribution in [0.15, 0.2) is 29.2 Å². The number of sulfonamides is 1. The summed E-state index contributed by atoms with van der Waals surface area (Å²) in [4.78, 5) is 25.9. The van der Waals surface area contributed by atoms with Crippen LogP contribution in [0.5, 0.6) is 0 Å². The number of rotatable bonds is 9.